The Kier molecular flexibility index (Phi) is 24.9. The van der Waals surface area contributed by atoms with Crippen LogP contribution in [0.5, 0.6) is 23.0 Å². The van der Waals surface area contributed by atoms with Gasteiger partial charge >= 0.3 is 66.0 Å². The van der Waals surface area contributed by atoms with E-state index in [0.717, 1.165) is 0 Å². The molecule has 2 aromatic heterocycles. The number of ether oxygens (including phenoxy) is 10. The van der Waals surface area contributed by atoms with Gasteiger partial charge in [-0.1, -0.05) is 0 Å². The number of nitrogens with one attached hydrogen (secondary N) is 2. The van der Waals surface area contributed by atoms with Gasteiger partial charge in [0.15, 0.2) is 24.8 Å². The van der Waals surface area contributed by atoms with Crippen molar-refractivity contribution in [2.75, 3.05) is 106 Å². The van der Waals surface area contributed by atoms with Crippen molar-refractivity contribution in [2.45, 2.75) is 0 Å². The summed E-state index contributed by atoms with van der Waals surface area (Å²) >= 11 is 0. The van der Waals surface area contributed by atoms with Gasteiger partial charge in [0.1, 0.15) is 63.5 Å². The number of nitrogen functional groups attached to an aromatic ring is 2. The molecule has 0 aliphatic carbocycles. The quantitative estimate of drug-likeness (QED) is 0.0383. The molecule has 0 saturated heterocycles. The number of hydrazine groups is 2. The molecule has 0 radical (unpaired) electrons. The SMILES string of the molecule is C[n+]1ccc(-c2cc[n+](C)cc2)cc1.F[P-](F)(F)(F)(F)F.F[P-](F)(F)(F)(F)F.NNC(=O)c1cc2c(C(=O)NN)cc1OCCOCCOCCOCCOc1ccc(cc1)OCCOCCOCCOCCO2. The average Bonchev–Trinajstić information content (AvgIpc) is 3.30. The van der Waals surface area contributed by atoms with Crippen LogP contribution in [-0.4, -0.2) is 118 Å². The van der Waals surface area contributed by atoms with Gasteiger partial charge in [-0.15, -0.1) is 0 Å². The Hall–Kier alpha value is -5.42. The zero-order chi connectivity index (χ0) is 55.4. The standard InChI is InChI=1S/C30H44N4O12.C12H14N2.2F6P/c31-33-29(35)25-22-28-26(30(36)34-32)21-27(25)45-19-15-41-11-7-37-5-9-39-13-17-43-23-1-2-24(4-3-23)44-18-14-40-10-6-38-8-12-42-16-20-46-28;1-13-7-3-11(4-8-13)12-5-9-14(2)10-6-12;2*1-7(2,3,4,5)6/h1-4,21-22H,5-20,31-32H2,(H,33,35)(H,34,36);3-10H,1-2H3;;/q;+2;2*-1. The maximum Gasteiger partial charge on any atom is 0.269 e. The average molecular weight is 1130 g/mol. The molecule has 0 unspecified atom stereocenters. The number of halogens is 12. The van der Waals surface area contributed by atoms with Crippen molar-refractivity contribution in [1.29, 1.82) is 0 Å². The van der Waals surface area contributed by atoms with Gasteiger partial charge in [-0.05, 0) is 47.5 Å². The second kappa shape index (κ2) is 28.5. The van der Waals surface area contributed by atoms with Crippen molar-refractivity contribution in [1.82, 2.24) is 10.9 Å². The molecule has 6 N–H and O–H groups in total. The summed E-state index contributed by atoms with van der Waals surface area (Å²) in [6, 6.07) is 18.5. The van der Waals surface area contributed by atoms with E-state index in [0.29, 0.717) is 90.8 Å². The summed E-state index contributed by atoms with van der Waals surface area (Å²) in [5.74, 6) is 11.0. The summed E-state index contributed by atoms with van der Waals surface area (Å²) in [6.45, 7) is 5.11. The molecule has 4 aromatic rings. The molecule has 32 heteroatoms. The van der Waals surface area contributed by atoms with Gasteiger partial charge in [-0.2, -0.15) is 0 Å². The number of aryl methyl sites for hydroxylation is 2. The Balaban J connectivity index is 0.000000536. The summed E-state index contributed by atoms with van der Waals surface area (Å²) in [4.78, 5) is 24.9. The fourth-order valence-corrected chi connectivity index (χ4v) is 5.27. The summed E-state index contributed by atoms with van der Waals surface area (Å²) in [5.41, 5.74) is 6.74. The predicted molar refractivity (Wildman–Crippen MR) is 244 cm³/mol. The van der Waals surface area contributed by atoms with Crippen LogP contribution in [0.4, 0.5) is 50.4 Å². The Labute approximate surface area is 416 Å². The third-order valence-corrected chi connectivity index (χ3v) is 8.40. The van der Waals surface area contributed by atoms with Gasteiger partial charge in [0.25, 0.3) is 11.8 Å². The van der Waals surface area contributed by atoms with Crippen molar-refractivity contribution in [3.8, 4) is 34.1 Å². The van der Waals surface area contributed by atoms with Crippen LogP contribution in [0.3, 0.4) is 0 Å². The first-order valence-corrected chi connectivity index (χ1v) is 25.6. The summed E-state index contributed by atoms with van der Waals surface area (Å²) < 4.78 is 178. The van der Waals surface area contributed by atoms with Gasteiger partial charge in [-0.25, -0.2) is 20.8 Å². The van der Waals surface area contributed by atoms with Crippen LogP contribution < -0.4 is 50.6 Å². The number of benzene rings is 2. The number of hydrogen-bond acceptors (Lipinski definition) is 14. The zero-order valence-corrected chi connectivity index (χ0v) is 41.6. The van der Waals surface area contributed by atoms with E-state index in [2.05, 4.69) is 59.9 Å². The summed E-state index contributed by atoms with van der Waals surface area (Å²) in [6.07, 6.45) is 8.23. The van der Waals surface area contributed by atoms with Crippen molar-refractivity contribution in [2.24, 2.45) is 25.8 Å². The first-order chi connectivity index (χ1) is 34.3. The predicted octanol–water partition coefficient (Wildman–Crippen LogP) is 7.99. The van der Waals surface area contributed by atoms with E-state index in [-0.39, 0.29) is 49.1 Å². The molecule has 0 spiro atoms. The Bertz CT molecular complexity index is 2120. The largest absolute Gasteiger partial charge is 0.491 e. The van der Waals surface area contributed by atoms with Crippen LogP contribution in [0.25, 0.3) is 11.1 Å². The normalized spacial score (nSPS) is 17.2. The number of nitrogens with zero attached hydrogens (tertiary/aromatic N) is 2. The third-order valence-electron chi connectivity index (χ3n) is 8.40. The fourth-order valence-electron chi connectivity index (χ4n) is 5.27. The molecular weight excluding hydrogens is 1070 g/mol. The molecule has 0 atom stereocenters. The van der Waals surface area contributed by atoms with Crippen molar-refractivity contribution in [3.05, 3.63) is 96.6 Å². The fraction of sp³-hybridized carbons (Fsp3) is 0.429. The van der Waals surface area contributed by atoms with Crippen molar-refractivity contribution < 1.29 is 116 Å². The topological polar surface area (TPSA) is 210 Å². The number of hydrogen-bond donors (Lipinski definition) is 4. The smallest absolute Gasteiger partial charge is 0.269 e. The van der Waals surface area contributed by atoms with Crippen LogP contribution in [0.1, 0.15) is 20.7 Å². The molecule has 8 rings (SSSR count). The molecule has 4 bridgehead atoms. The molecule has 2 amide bonds. The van der Waals surface area contributed by atoms with E-state index in [4.69, 9.17) is 59.1 Å². The van der Waals surface area contributed by atoms with Crippen LogP contribution in [0, 0.1) is 0 Å². The number of carbonyl (C=O) groups is 2. The number of carbonyl (C=O) groups excluding carboxylic acids is 2. The van der Waals surface area contributed by atoms with Crippen LogP contribution >= 0.6 is 15.6 Å². The zero-order valence-electron chi connectivity index (χ0n) is 39.8. The molecule has 6 heterocycles. The van der Waals surface area contributed by atoms with E-state index >= 15 is 0 Å². The van der Waals surface area contributed by atoms with Crippen molar-refractivity contribution >= 4 is 27.4 Å². The minimum Gasteiger partial charge on any atom is -0.491 e. The maximum atomic E-state index is 12.5. The third kappa shape index (κ3) is 36.5. The Morgan fingerprint density at radius 2 is 0.622 bits per heavy atom. The Morgan fingerprint density at radius 3 is 0.851 bits per heavy atom. The van der Waals surface area contributed by atoms with Crippen LogP contribution in [0.15, 0.2) is 85.5 Å². The van der Waals surface area contributed by atoms with Crippen LogP contribution in [0.2, 0.25) is 0 Å². The first-order valence-electron chi connectivity index (χ1n) is 21.6. The summed E-state index contributed by atoms with van der Waals surface area (Å²) in [7, 11) is -17.3. The number of rotatable bonds is 3. The molecule has 18 nitrogen and oxygen atoms in total. The molecule has 422 valence electrons. The molecule has 4 aliphatic rings. The minimum atomic E-state index is -10.7. The van der Waals surface area contributed by atoms with E-state index in [9.17, 15) is 60.0 Å². The number of pyridine rings is 2. The van der Waals surface area contributed by atoms with Gasteiger partial charge in [0.05, 0.1) is 90.4 Å². The summed E-state index contributed by atoms with van der Waals surface area (Å²) in [5, 5.41) is 0. The van der Waals surface area contributed by atoms with Gasteiger partial charge in [0.2, 0.25) is 0 Å². The second-order valence-electron chi connectivity index (χ2n) is 14.8. The van der Waals surface area contributed by atoms with Gasteiger partial charge in [0, 0.05) is 24.3 Å². The number of nitrogens with two attached hydrogens (primary N) is 2. The maximum absolute atomic E-state index is 12.5. The van der Waals surface area contributed by atoms with Gasteiger partial charge < -0.3 is 47.4 Å². The minimum absolute atomic E-state index is 0.0536. The monoisotopic (exact) mass is 1130 g/mol. The molecule has 74 heavy (non-hydrogen) atoms. The molecule has 0 fully saturated rings. The second-order valence-corrected chi connectivity index (χ2v) is 18.6. The Morgan fingerprint density at radius 1 is 0.405 bits per heavy atom. The molecule has 0 saturated carbocycles. The van der Waals surface area contributed by atoms with E-state index in [1.54, 1.807) is 0 Å². The van der Waals surface area contributed by atoms with E-state index in [1.807, 2.05) is 47.5 Å². The van der Waals surface area contributed by atoms with E-state index in [1.165, 1.54) is 23.3 Å². The number of amides is 2. The molecule has 2 aromatic carbocycles. The van der Waals surface area contributed by atoms with E-state index < -0.39 is 27.4 Å². The molecular formula is C42H58F12N6O12P2. The number of aromatic nitrogens is 2. The molecule has 4 aliphatic heterocycles. The van der Waals surface area contributed by atoms with Crippen molar-refractivity contribution in [3.63, 3.8) is 0 Å². The first kappa shape index (κ1) is 64.7. The van der Waals surface area contributed by atoms with Gasteiger partial charge in [-0.3, -0.25) is 20.4 Å². The van der Waals surface area contributed by atoms with Crippen LogP contribution in [-0.2, 0) is 42.5 Å².